The molecule has 0 aliphatic carbocycles. The first kappa shape index (κ1) is 10.3. The van der Waals surface area contributed by atoms with Crippen LogP contribution in [-0.2, 0) is 4.79 Å². The van der Waals surface area contributed by atoms with Gasteiger partial charge in [-0.3, -0.25) is 0 Å². The fourth-order valence-corrected chi connectivity index (χ4v) is 1.05. The SMILES string of the molecule is CN(C)c1ccc(/C=C/C(=O)[O-])cc1. The molecule has 0 heterocycles. The molecule has 0 spiro atoms. The molecule has 0 N–H and O–H groups in total. The summed E-state index contributed by atoms with van der Waals surface area (Å²) in [4.78, 5) is 12.1. The van der Waals surface area contributed by atoms with Crippen LogP contribution in [0.2, 0.25) is 0 Å². The maximum Gasteiger partial charge on any atom is 0.0643 e. The van der Waals surface area contributed by atoms with Crippen molar-refractivity contribution in [2.24, 2.45) is 0 Å². The van der Waals surface area contributed by atoms with Gasteiger partial charge in [-0.15, -0.1) is 0 Å². The number of carboxylic acids is 1. The normalized spacial score (nSPS) is 10.4. The summed E-state index contributed by atoms with van der Waals surface area (Å²) in [5.74, 6) is -1.18. The maximum absolute atomic E-state index is 10.1. The van der Waals surface area contributed by atoms with Gasteiger partial charge >= 0.3 is 0 Å². The van der Waals surface area contributed by atoms with Crippen LogP contribution in [0.4, 0.5) is 5.69 Å². The van der Waals surface area contributed by atoms with Crippen LogP contribution < -0.4 is 10.0 Å². The minimum absolute atomic E-state index is 0.847. The maximum atomic E-state index is 10.1. The van der Waals surface area contributed by atoms with E-state index in [1.807, 2.05) is 43.3 Å². The molecule has 1 aromatic rings. The summed E-state index contributed by atoms with van der Waals surface area (Å²) in [6.45, 7) is 0. The topological polar surface area (TPSA) is 43.4 Å². The third-order valence-corrected chi connectivity index (χ3v) is 1.82. The summed E-state index contributed by atoms with van der Waals surface area (Å²) in [7, 11) is 3.90. The zero-order valence-corrected chi connectivity index (χ0v) is 8.23. The highest BCUT2D eigenvalue weighted by Crippen LogP contribution is 2.12. The minimum Gasteiger partial charge on any atom is -0.545 e. The molecule has 3 nitrogen and oxygen atoms in total. The van der Waals surface area contributed by atoms with Crippen molar-refractivity contribution in [3.8, 4) is 0 Å². The van der Waals surface area contributed by atoms with E-state index in [-0.39, 0.29) is 0 Å². The Balaban J connectivity index is 2.78. The van der Waals surface area contributed by atoms with Crippen molar-refractivity contribution >= 4 is 17.7 Å². The third kappa shape index (κ3) is 2.94. The van der Waals surface area contributed by atoms with Gasteiger partial charge in [-0.05, 0) is 23.8 Å². The van der Waals surface area contributed by atoms with Gasteiger partial charge in [-0.25, -0.2) is 0 Å². The molecular formula is C11H12NO2-. The van der Waals surface area contributed by atoms with Crippen LogP contribution in [0.1, 0.15) is 5.56 Å². The number of carboxylic acid groups (broad SMARTS) is 1. The molecule has 74 valence electrons. The Bertz CT molecular complexity index is 339. The Labute approximate surface area is 83.3 Å². The minimum atomic E-state index is -1.18. The highest BCUT2D eigenvalue weighted by atomic mass is 16.4. The molecule has 0 aliphatic heterocycles. The summed E-state index contributed by atoms with van der Waals surface area (Å²) < 4.78 is 0. The number of aliphatic carboxylic acids is 1. The lowest BCUT2D eigenvalue weighted by Crippen LogP contribution is -2.18. The Hall–Kier alpha value is -1.77. The van der Waals surface area contributed by atoms with Gasteiger partial charge in [0.15, 0.2) is 0 Å². The van der Waals surface area contributed by atoms with Crippen molar-refractivity contribution in [3.63, 3.8) is 0 Å². The highest BCUT2D eigenvalue weighted by Gasteiger charge is 1.92. The van der Waals surface area contributed by atoms with Gasteiger partial charge in [0.1, 0.15) is 0 Å². The van der Waals surface area contributed by atoms with E-state index in [1.54, 1.807) is 0 Å². The van der Waals surface area contributed by atoms with Gasteiger partial charge in [0.25, 0.3) is 0 Å². The molecule has 0 amide bonds. The summed E-state index contributed by atoms with van der Waals surface area (Å²) in [5.41, 5.74) is 1.93. The van der Waals surface area contributed by atoms with Crippen LogP contribution in [0.3, 0.4) is 0 Å². The number of carbonyl (C=O) groups is 1. The van der Waals surface area contributed by atoms with Crippen molar-refractivity contribution in [3.05, 3.63) is 35.9 Å². The van der Waals surface area contributed by atoms with Crippen molar-refractivity contribution in [2.75, 3.05) is 19.0 Å². The van der Waals surface area contributed by atoms with E-state index >= 15 is 0 Å². The third-order valence-electron chi connectivity index (χ3n) is 1.82. The molecule has 0 atom stereocenters. The predicted octanol–water partition coefficient (Wildman–Crippen LogP) is 0.516. The highest BCUT2D eigenvalue weighted by molar-refractivity contribution is 5.83. The van der Waals surface area contributed by atoms with Crippen molar-refractivity contribution in [2.45, 2.75) is 0 Å². The van der Waals surface area contributed by atoms with Gasteiger partial charge in [0.05, 0.1) is 5.97 Å². The Kier molecular flexibility index (Phi) is 3.29. The summed E-state index contributed by atoms with van der Waals surface area (Å²) in [6.07, 6.45) is 2.53. The van der Waals surface area contributed by atoms with Crippen LogP contribution in [0, 0.1) is 0 Å². The summed E-state index contributed by atoms with van der Waals surface area (Å²) in [6, 6.07) is 7.56. The van der Waals surface area contributed by atoms with Crippen LogP contribution in [0.15, 0.2) is 30.3 Å². The number of anilines is 1. The molecule has 0 aromatic heterocycles. The van der Waals surface area contributed by atoms with E-state index < -0.39 is 5.97 Å². The van der Waals surface area contributed by atoms with Crippen molar-refractivity contribution < 1.29 is 9.90 Å². The average Bonchev–Trinajstić information content (AvgIpc) is 2.15. The largest absolute Gasteiger partial charge is 0.545 e. The monoisotopic (exact) mass is 190 g/mol. The van der Waals surface area contributed by atoms with E-state index in [0.717, 1.165) is 17.3 Å². The van der Waals surface area contributed by atoms with E-state index in [1.165, 1.54) is 6.08 Å². The lowest BCUT2D eigenvalue weighted by molar-refractivity contribution is -0.297. The molecule has 14 heavy (non-hydrogen) atoms. The fourth-order valence-electron chi connectivity index (χ4n) is 1.05. The fraction of sp³-hybridized carbons (Fsp3) is 0.182. The Morgan fingerprint density at radius 1 is 1.29 bits per heavy atom. The molecular weight excluding hydrogens is 178 g/mol. The molecule has 0 bridgehead atoms. The predicted molar refractivity (Wildman–Crippen MR) is 54.8 cm³/mol. The number of benzene rings is 1. The Morgan fingerprint density at radius 2 is 1.86 bits per heavy atom. The molecule has 0 saturated heterocycles. The molecule has 0 saturated carbocycles. The van der Waals surface area contributed by atoms with E-state index in [4.69, 9.17) is 0 Å². The van der Waals surface area contributed by atoms with Crippen LogP contribution in [0.25, 0.3) is 6.08 Å². The zero-order valence-electron chi connectivity index (χ0n) is 8.23. The summed E-state index contributed by atoms with van der Waals surface area (Å²) in [5, 5.41) is 10.1. The Morgan fingerprint density at radius 3 is 2.29 bits per heavy atom. The molecule has 0 fully saturated rings. The van der Waals surface area contributed by atoms with Gasteiger partial charge in [0.2, 0.25) is 0 Å². The van der Waals surface area contributed by atoms with Crippen LogP contribution in [0.5, 0.6) is 0 Å². The molecule has 0 radical (unpaired) electrons. The summed E-state index contributed by atoms with van der Waals surface area (Å²) >= 11 is 0. The average molecular weight is 190 g/mol. The quantitative estimate of drug-likeness (QED) is 0.652. The van der Waals surface area contributed by atoms with Crippen molar-refractivity contribution in [1.29, 1.82) is 0 Å². The van der Waals surface area contributed by atoms with Crippen LogP contribution >= 0.6 is 0 Å². The first-order valence-electron chi connectivity index (χ1n) is 4.26. The second-order valence-electron chi connectivity index (χ2n) is 3.14. The van der Waals surface area contributed by atoms with Gasteiger partial charge in [-0.1, -0.05) is 18.2 Å². The first-order chi connectivity index (χ1) is 6.59. The lowest BCUT2D eigenvalue weighted by Gasteiger charge is -2.11. The molecule has 1 rings (SSSR count). The van der Waals surface area contributed by atoms with E-state index in [2.05, 4.69) is 0 Å². The molecule has 0 aliphatic rings. The number of nitrogens with zero attached hydrogens (tertiary/aromatic N) is 1. The number of carbonyl (C=O) groups excluding carboxylic acids is 1. The van der Waals surface area contributed by atoms with Crippen molar-refractivity contribution in [1.82, 2.24) is 0 Å². The standard InChI is InChI=1S/C11H13NO2/c1-12(2)10-6-3-9(4-7-10)5-8-11(13)14/h3-8H,1-2H3,(H,13,14)/p-1/b8-5+. The van der Waals surface area contributed by atoms with Gasteiger partial charge in [-0.2, -0.15) is 0 Å². The second kappa shape index (κ2) is 4.46. The number of hydrogen-bond donors (Lipinski definition) is 0. The number of hydrogen-bond acceptors (Lipinski definition) is 3. The van der Waals surface area contributed by atoms with E-state index in [9.17, 15) is 9.90 Å². The zero-order chi connectivity index (χ0) is 10.6. The lowest BCUT2D eigenvalue weighted by atomic mass is 10.2. The molecule has 3 heteroatoms. The van der Waals surface area contributed by atoms with Gasteiger partial charge in [0, 0.05) is 19.8 Å². The second-order valence-corrected chi connectivity index (χ2v) is 3.14. The number of rotatable bonds is 3. The smallest absolute Gasteiger partial charge is 0.0643 e. The van der Waals surface area contributed by atoms with Gasteiger partial charge < -0.3 is 14.8 Å². The van der Waals surface area contributed by atoms with Crippen LogP contribution in [-0.4, -0.2) is 20.1 Å². The first-order valence-corrected chi connectivity index (χ1v) is 4.26. The molecule has 1 aromatic carbocycles. The van der Waals surface area contributed by atoms with E-state index in [0.29, 0.717) is 0 Å². The molecule has 0 unspecified atom stereocenters.